The number of esters is 1. The van der Waals surface area contributed by atoms with Gasteiger partial charge in [-0.05, 0) is 30.3 Å². The highest BCUT2D eigenvalue weighted by atomic mass is 79.9. The van der Waals surface area contributed by atoms with E-state index in [4.69, 9.17) is 33.2 Å². The molecule has 230 valence electrons. The Hall–Kier alpha value is -2.26. The molecule has 0 aliphatic carbocycles. The average molecular weight is 653 g/mol. The summed E-state index contributed by atoms with van der Waals surface area (Å²) >= 11 is 3.28. The molecule has 0 fully saturated rings. The maximum Gasteiger partial charge on any atom is 0.416 e. The quantitative estimate of drug-likeness (QED) is 0.100. The molecule has 0 atom stereocenters. The molecule has 2 aromatic carbocycles. The van der Waals surface area contributed by atoms with Gasteiger partial charge in [0.05, 0.1) is 96.1 Å². The number of alkyl halides is 4. The van der Waals surface area contributed by atoms with Gasteiger partial charge in [-0.3, -0.25) is 0 Å². The molecule has 0 amide bonds. The maximum atomic E-state index is 13.0. The summed E-state index contributed by atoms with van der Waals surface area (Å²) in [5, 5.41) is 3.66. The molecule has 2 rings (SSSR count). The number of hydrogen-bond donors (Lipinski definition) is 1. The molecule has 1 N–H and O–H groups in total. The highest BCUT2D eigenvalue weighted by Gasteiger charge is 2.30. The highest BCUT2D eigenvalue weighted by Crippen LogP contribution is 2.32. The van der Waals surface area contributed by atoms with Gasteiger partial charge in [0.1, 0.15) is 6.61 Å². The molecule has 0 bridgehead atoms. The monoisotopic (exact) mass is 651 g/mol. The van der Waals surface area contributed by atoms with E-state index in [0.29, 0.717) is 78.4 Å². The Morgan fingerprint density at radius 2 is 1.15 bits per heavy atom. The third-order valence-electron chi connectivity index (χ3n) is 5.16. The largest absolute Gasteiger partial charge is 0.460 e. The predicted molar refractivity (Wildman–Crippen MR) is 150 cm³/mol. The molecule has 0 saturated heterocycles. The molecule has 0 heterocycles. The summed E-state index contributed by atoms with van der Waals surface area (Å²) in [5.74, 6) is -0.621. The molecule has 0 saturated carbocycles. The van der Waals surface area contributed by atoms with Crippen LogP contribution < -0.4 is 5.32 Å². The zero-order valence-electron chi connectivity index (χ0n) is 22.8. The minimum atomic E-state index is -4.47. The fourth-order valence-electron chi connectivity index (χ4n) is 3.23. The van der Waals surface area contributed by atoms with Gasteiger partial charge in [0.2, 0.25) is 0 Å². The number of halogens is 4. The summed E-state index contributed by atoms with van der Waals surface area (Å²) in [6.07, 6.45) is -4.47. The lowest BCUT2D eigenvalue weighted by Gasteiger charge is -2.13. The van der Waals surface area contributed by atoms with Gasteiger partial charge in [-0.15, -0.1) is 0 Å². The molecule has 9 nitrogen and oxygen atoms in total. The van der Waals surface area contributed by atoms with Crippen LogP contribution in [0.2, 0.25) is 0 Å². The van der Waals surface area contributed by atoms with Crippen LogP contribution in [0.3, 0.4) is 0 Å². The van der Waals surface area contributed by atoms with Crippen molar-refractivity contribution in [3.63, 3.8) is 0 Å². The van der Waals surface area contributed by atoms with Crippen molar-refractivity contribution in [2.45, 2.75) is 6.18 Å². The lowest BCUT2D eigenvalue weighted by Crippen LogP contribution is -2.15. The smallest absolute Gasteiger partial charge is 0.416 e. The summed E-state index contributed by atoms with van der Waals surface area (Å²) in [7, 11) is 0. The molecule has 13 heteroatoms. The maximum absolute atomic E-state index is 13.0. The standard InChI is InChI=1S/C28H37BrF3NO8/c29-8-9-35-10-11-36-12-13-37-14-15-38-16-17-39-18-19-40-20-21-41-27(34)25-6-1-2-7-26(25)33-24-5-3-4-23(22-24)28(30,31)32/h1-7,22,33H,8-21H2. The van der Waals surface area contributed by atoms with Gasteiger partial charge in [-0.2, -0.15) is 13.2 Å². The van der Waals surface area contributed by atoms with Gasteiger partial charge in [0.25, 0.3) is 0 Å². The first kappa shape index (κ1) is 34.9. The van der Waals surface area contributed by atoms with Crippen molar-refractivity contribution in [1.29, 1.82) is 0 Å². The summed E-state index contributed by atoms with van der Waals surface area (Å²) in [4.78, 5) is 12.5. The van der Waals surface area contributed by atoms with Crippen molar-refractivity contribution in [3.8, 4) is 0 Å². The zero-order chi connectivity index (χ0) is 29.6. The van der Waals surface area contributed by atoms with Crippen molar-refractivity contribution in [2.75, 3.05) is 96.5 Å². The lowest BCUT2D eigenvalue weighted by molar-refractivity contribution is -0.137. The van der Waals surface area contributed by atoms with Gasteiger partial charge in [-0.1, -0.05) is 34.1 Å². The van der Waals surface area contributed by atoms with Crippen LogP contribution >= 0.6 is 15.9 Å². The number of ether oxygens (including phenoxy) is 7. The van der Waals surface area contributed by atoms with Gasteiger partial charge in [0.15, 0.2) is 0 Å². The Morgan fingerprint density at radius 3 is 1.66 bits per heavy atom. The first-order valence-corrected chi connectivity index (χ1v) is 14.3. The first-order valence-electron chi connectivity index (χ1n) is 13.1. The topological polar surface area (TPSA) is 93.7 Å². The van der Waals surface area contributed by atoms with Gasteiger partial charge in [0, 0.05) is 11.0 Å². The Morgan fingerprint density at radius 1 is 0.659 bits per heavy atom. The normalized spacial score (nSPS) is 11.5. The second kappa shape index (κ2) is 21.4. The van der Waals surface area contributed by atoms with E-state index < -0.39 is 17.7 Å². The molecule has 41 heavy (non-hydrogen) atoms. The third-order valence-corrected chi connectivity index (χ3v) is 5.48. The number of rotatable bonds is 23. The third kappa shape index (κ3) is 16.1. The van der Waals surface area contributed by atoms with E-state index in [1.54, 1.807) is 18.2 Å². The number of carbonyl (C=O) groups is 1. The highest BCUT2D eigenvalue weighted by molar-refractivity contribution is 9.09. The van der Waals surface area contributed by atoms with Crippen LogP contribution in [0.1, 0.15) is 15.9 Å². The second-order valence-corrected chi connectivity index (χ2v) is 9.04. The second-order valence-electron chi connectivity index (χ2n) is 8.25. The predicted octanol–water partition coefficient (Wildman–Crippen LogP) is 5.10. The van der Waals surface area contributed by atoms with Crippen molar-refractivity contribution < 1.29 is 51.1 Å². The van der Waals surface area contributed by atoms with E-state index in [-0.39, 0.29) is 24.5 Å². The van der Waals surface area contributed by atoms with Crippen LogP contribution in [0, 0.1) is 0 Å². The van der Waals surface area contributed by atoms with E-state index >= 15 is 0 Å². The van der Waals surface area contributed by atoms with Crippen molar-refractivity contribution in [2.24, 2.45) is 0 Å². The molecule has 0 aliphatic heterocycles. The van der Waals surface area contributed by atoms with Crippen LogP contribution in [0.5, 0.6) is 0 Å². The van der Waals surface area contributed by atoms with Crippen LogP contribution in [-0.2, 0) is 39.3 Å². The van der Waals surface area contributed by atoms with E-state index in [9.17, 15) is 18.0 Å². The number of hydrogen-bond acceptors (Lipinski definition) is 9. The fraction of sp³-hybridized carbons (Fsp3) is 0.536. The number of anilines is 2. The molecular weight excluding hydrogens is 615 g/mol. The van der Waals surface area contributed by atoms with Gasteiger partial charge in [-0.25, -0.2) is 4.79 Å². The Kier molecular flexibility index (Phi) is 18.3. The van der Waals surface area contributed by atoms with E-state index in [2.05, 4.69) is 21.2 Å². The van der Waals surface area contributed by atoms with Crippen LogP contribution in [-0.4, -0.2) is 97.2 Å². The van der Waals surface area contributed by atoms with Gasteiger partial charge < -0.3 is 38.5 Å². The van der Waals surface area contributed by atoms with E-state index in [1.165, 1.54) is 18.2 Å². The average Bonchev–Trinajstić information content (AvgIpc) is 2.96. The first-order chi connectivity index (χ1) is 19.9. The SMILES string of the molecule is O=C(OCCOCCOCCOCCOCCOCCOCCBr)c1ccccc1Nc1cccc(C(F)(F)F)c1. The van der Waals surface area contributed by atoms with Crippen molar-refractivity contribution in [3.05, 3.63) is 59.7 Å². The lowest BCUT2D eigenvalue weighted by atomic mass is 10.1. The van der Waals surface area contributed by atoms with Crippen LogP contribution in [0.25, 0.3) is 0 Å². The molecule has 0 aromatic heterocycles. The van der Waals surface area contributed by atoms with Crippen molar-refractivity contribution >= 4 is 33.3 Å². The van der Waals surface area contributed by atoms with Crippen molar-refractivity contribution in [1.82, 2.24) is 0 Å². The zero-order valence-corrected chi connectivity index (χ0v) is 24.4. The molecule has 0 radical (unpaired) electrons. The summed E-state index contributed by atoms with van der Waals surface area (Å²) < 4.78 is 76.5. The number of para-hydroxylation sites is 1. The summed E-state index contributed by atoms with van der Waals surface area (Å²) in [6.45, 7) is 5.39. The molecule has 2 aromatic rings. The molecular formula is C28H37BrF3NO8. The Labute approximate surface area is 246 Å². The Bertz CT molecular complexity index is 983. The van der Waals surface area contributed by atoms with E-state index in [0.717, 1.165) is 17.5 Å². The minimum Gasteiger partial charge on any atom is -0.460 e. The van der Waals surface area contributed by atoms with Crippen LogP contribution in [0.4, 0.5) is 24.5 Å². The summed E-state index contributed by atoms with van der Waals surface area (Å²) in [5.41, 5.74) is -0.0667. The van der Waals surface area contributed by atoms with Gasteiger partial charge >= 0.3 is 12.1 Å². The number of benzene rings is 2. The minimum absolute atomic E-state index is 0.00972. The number of nitrogens with one attached hydrogen (secondary N) is 1. The number of carbonyl (C=O) groups excluding carboxylic acids is 1. The van der Waals surface area contributed by atoms with E-state index in [1.807, 2.05) is 0 Å². The van der Waals surface area contributed by atoms with Crippen LogP contribution in [0.15, 0.2) is 48.5 Å². The molecule has 0 aliphatic rings. The molecule has 0 unspecified atom stereocenters. The fourth-order valence-corrected chi connectivity index (χ4v) is 3.46. The summed E-state index contributed by atoms with van der Waals surface area (Å²) in [6, 6.07) is 11.1. The molecule has 0 spiro atoms. The Balaban J connectivity index is 1.47.